The normalized spacial score (nSPS) is 15.7. The van der Waals surface area contributed by atoms with Crippen LogP contribution in [0.25, 0.3) is 0 Å². The molecule has 1 aliphatic heterocycles. The number of carbonyl (C=O) groups is 1. The predicted molar refractivity (Wildman–Crippen MR) is 93.3 cm³/mol. The van der Waals surface area contributed by atoms with Gasteiger partial charge in [-0.05, 0) is 36.2 Å². The minimum atomic E-state index is -0.326. The fraction of sp³-hybridized carbons (Fsp3) is 0.350. The Hall–Kier alpha value is -2.56. The van der Waals surface area contributed by atoms with Gasteiger partial charge in [0.2, 0.25) is 5.91 Å². The van der Waals surface area contributed by atoms with Gasteiger partial charge in [0.05, 0.1) is 13.0 Å². The van der Waals surface area contributed by atoms with Crippen LogP contribution in [0.2, 0.25) is 0 Å². The van der Waals surface area contributed by atoms with Crippen molar-refractivity contribution in [2.24, 2.45) is 0 Å². The summed E-state index contributed by atoms with van der Waals surface area (Å²) < 4.78 is 25.0. The van der Waals surface area contributed by atoms with E-state index in [2.05, 4.69) is 0 Å². The molecule has 4 nitrogen and oxygen atoms in total. The summed E-state index contributed by atoms with van der Waals surface area (Å²) in [5, 5.41) is 0. The number of amides is 1. The Kier molecular flexibility index (Phi) is 5.53. The molecule has 1 unspecified atom stereocenters. The molecule has 2 aromatic rings. The molecule has 0 aromatic heterocycles. The zero-order chi connectivity index (χ0) is 17.6. The first-order valence-electron chi connectivity index (χ1n) is 8.56. The molecule has 2 aromatic carbocycles. The van der Waals surface area contributed by atoms with Crippen LogP contribution < -0.4 is 9.47 Å². The van der Waals surface area contributed by atoms with Crippen LogP contribution in [0, 0.1) is 5.82 Å². The topological polar surface area (TPSA) is 38.8 Å². The Labute approximate surface area is 147 Å². The van der Waals surface area contributed by atoms with Crippen LogP contribution >= 0.6 is 0 Å². The van der Waals surface area contributed by atoms with Gasteiger partial charge >= 0.3 is 0 Å². The Morgan fingerprint density at radius 1 is 1.20 bits per heavy atom. The van der Waals surface area contributed by atoms with Gasteiger partial charge in [-0.25, -0.2) is 4.39 Å². The number of hydrogen-bond acceptors (Lipinski definition) is 3. The molecule has 0 saturated heterocycles. The van der Waals surface area contributed by atoms with Crippen LogP contribution in [-0.2, 0) is 11.2 Å². The van der Waals surface area contributed by atoms with Crippen molar-refractivity contribution in [2.75, 3.05) is 19.7 Å². The lowest BCUT2D eigenvalue weighted by Gasteiger charge is -2.31. The van der Waals surface area contributed by atoms with E-state index in [0.29, 0.717) is 31.0 Å². The predicted octanol–water partition coefficient (Wildman–Crippen LogP) is 3.45. The zero-order valence-electron chi connectivity index (χ0n) is 14.3. The SMILES string of the molecule is CCCN(CC1COc2ccccc2O1)C(=O)Cc1cccc(F)c1. The zero-order valence-corrected chi connectivity index (χ0v) is 14.3. The first kappa shape index (κ1) is 17.3. The van der Waals surface area contributed by atoms with Crippen molar-refractivity contribution in [3.05, 3.63) is 59.9 Å². The summed E-state index contributed by atoms with van der Waals surface area (Å²) >= 11 is 0. The van der Waals surface area contributed by atoms with Gasteiger partial charge in [0.1, 0.15) is 12.4 Å². The third-order valence-electron chi connectivity index (χ3n) is 4.08. The highest BCUT2D eigenvalue weighted by molar-refractivity contribution is 5.78. The maximum atomic E-state index is 13.3. The molecule has 1 amide bonds. The van der Waals surface area contributed by atoms with E-state index < -0.39 is 0 Å². The van der Waals surface area contributed by atoms with Crippen LogP contribution in [0.3, 0.4) is 0 Å². The van der Waals surface area contributed by atoms with Gasteiger partial charge in [0.25, 0.3) is 0 Å². The molecule has 1 aliphatic rings. The molecule has 0 bridgehead atoms. The van der Waals surface area contributed by atoms with Crippen molar-refractivity contribution >= 4 is 5.91 Å². The third kappa shape index (κ3) is 4.50. The summed E-state index contributed by atoms with van der Waals surface area (Å²) in [7, 11) is 0. The average Bonchev–Trinajstić information content (AvgIpc) is 2.61. The van der Waals surface area contributed by atoms with E-state index in [4.69, 9.17) is 9.47 Å². The van der Waals surface area contributed by atoms with Gasteiger partial charge in [0, 0.05) is 6.54 Å². The Morgan fingerprint density at radius 2 is 2.00 bits per heavy atom. The van der Waals surface area contributed by atoms with Gasteiger partial charge < -0.3 is 14.4 Å². The number of halogens is 1. The molecule has 0 fully saturated rings. The molecule has 0 N–H and O–H groups in total. The van der Waals surface area contributed by atoms with Crippen molar-refractivity contribution < 1.29 is 18.7 Å². The number of fused-ring (bicyclic) bond motifs is 1. The van der Waals surface area contributed by atoms with Crippen LogP contribution in [0.1, 0.15) is 18.9 Å². The molecule has 0 aliphatic carbocycles. The highest BCUT2D eigenvalue weighted by Gasteiger charge is 2.25. The fourth-order valence-electron chi connectivity index (χ4n) is 2.92. The number of hydrogen-bond donors (Lipinski definition) is 0. The van der Waals surface area contributed by atoms with Crippen molar-refractivity contribution in [1.29, 1.82) is 0 Å². The Morgan fingerprint density at radius 3 is 2.76 bits per heavy atom. The largest absolute Gasteiger partial charge is 0.486 e. The summed E-state index contributed by atoms with van der Waals surface area (Å²) in [5.41, 5.74) is 0.678. The van der Waals surface area contributed by atoms with Gasteiger partial charge in [-0.2, -0.15) is 0 Å². The number of para-hydroxylation sites is 2. The molecule has 132 valence electrons. The minimum absolute atomic E-state index is 0.0325. The smallest absolute Gasteiger partial charge is 0.227 e. The fourth-order valence-corrected chi connectivity index (χ4v) is 2.92. The summed E-state index contributed by atoms with van der Waals surface area (Å²) in [6.07, 6.45) is 0.818. The molecule has 0 radical (unpaired) electrons. The summed E-state index contributed by atoms with van der Waals surface area (Å²) in [6, 6.07) is 13.7. The number of nitrogens with zero attached hydrogens (tertiary/aromatic N) is 1. The second-order valence-electron chi connectivity index (χ2n) is 6.14. The van der Waals surface area contributed by atoms with Gasteiger partial charge in [0.15, 0.2) is 17.6 Å². The first-order chi connectivity index (χ1) is 12.2. The van der Waals surface area contributed by atoms with Gasteiger partial charge in [-0.1, -0.05) is 31.2 Å². The number of rotatable bonds is 6. The second kappa shape index (κ2) is 8.01. The van der Waals surface area contributed by atoms with Crippen LogP contribution in [0.15, 0.2) is 48.5 Å². The third-order valence-corrected chi connectivity index (χ3v) is 4.08. The van der Waals surface area contributed by atoms with E-state index in [1.807, 2.05) is 31.2 Å². The van der Waals surface area contributed by atoms with Gasteiger partial charge in [-0.15, -0.1) is 0 Å². The van der Waals surface area contributed by atoms with E-state index in [9.17, 15) is 9.18 Å². The van der Waals surface area contributed by atoms with E-state index in [-0.39, 0.29) is 24.2 Å². The molecular formula is C20H22FNO3. The lowest BCUT2D eigenvalue weighted by molar-refractivity contribution is -0.132. The quantitative estimate of drug-likeness (QED) is 0.806. The molecule has 25 heavy (non-hydrogen) atoms. The summed E-state index contributed by atoms with van der Waals surface area (Å²) in [6.45, 7) is 3.52. The highest BCUT2D eigenvalue weighted by Crippen LogP contribution is 2.31. The van der Waals surface area contributed by atoms with E-state index >= 15 is 0 Å². The van der Waals surface area contributed by atoms with Crippen LogP contribution in [-0.4, -0.2) is 36.6 Å². The molecular weight excluding hydrogens is 321 g/mol. The Balaban J connectivity index is 1.64. The molecule has 1 heterocycles. The lowest BCUT2D eigenvalue weighted by Crippen LogP contribution is -2.44. The van der Waals surface area contributed by atoms with Gasteiger partial charge in [-0.3, -0.25) is 4.79 Å². The van der Waals surface area contributed by atoms with E-state index in [0.717, 1.165) is 12.2 Å². The highest BCUT2D eigenvalue weighted by atomic mass is 19.1. The first-order valence-corrected chi connectivity index (χ1v) is 8.56. The van der Waals surface area contributed by atoms with Crippen molar-refractivity contribution in [3.8, 4) is 11.5 Å². The van der Waals surface area contributed by atoms with Crippen molar-refractivity contribution in [2.45, 2.75) is 25.9 Å². The van der Waals surface area contributed by atoms with E-state index in [1.165, 1.54) is 12.1 Å². The molecule has 0 spiro atoms. The molecule has 3 rings (SSSR count). The number of ether oxygens (including phenoxy) is 2. The van der Waals surface area contributed by atoms with Crippen LogP contribution in [0.5, 0.6) is 11.5 Å². The molecule has 0 saturated carbocycles. The minimum Gasteiger partial charge on any atom is -0.486 e. The maximum Gasteiger partial charge on any atom is 0.227 e. The second-order valence-corrected chi connectivity index (χ2v) is 6.14. The molecule has 1 atom stereocenters. The maximum absolute atomic E-state index is 13.3. The summed E-state index contributed by atoms with van der Waals surface area (Å²) in [5.74, 6) is 1.07. The van der Waals surface area contributed by atoms with Crippen LogP contribution in [0.4, 0.5) is 4.39 Å². The average molecular weight is 343 g/mol. The number of benzene rings is 2. The molecule has 5 heteroatoms. The van der Waals surface area contributed by atoms with E-state index in [1.54, 1.807) is 17.0 Å². The summed E-state index contributed by atoms with van der Waals surface area (Å²) in [4.78, 5) is 14.4. The monoisotopic (exact) mass is 343 g/mol. The lowest BCUT2D eigenvalue weighted by atomic mass is 10.1. The number of carbonyl (C=O) groups excluding carboxylic acids is 1. The van der Waals surface area contributed by atoms with Crippen molar-refractivity contribution in [1.82, 2.24) is 4.90 Å². The van der Waals surface area contributed by atoms with Crippen molar-refractivity contribution in [3.63, 3.8) is 0 Å². The Bertz CT molecular complexity index is 734. The standard InChI is InChI=1S/C20H22FNO3/c1-2-10-22(20(23)12-15-6-5-7-16(21)11-15)13-17-14-24-18-8-3-4-9-19(18)25-17/h3-9,11,17H,2,10,12-14H2,1H3.